The summed E-state index contributed by atoms with van der Waals surface area (Å²) in [7, 11) is 0. The van der Waals surface area contributed by atoms with Crippen molar-refractivity contribution in [3.63, 3.8) is 0 Å². The lowest BCUT2D eigenvalue weighted by molar-refractivity contribution is -0.140. The van der Waals surface area contributed by atoms with Gasteiger partial charge in [0.1, 0.15) is 6.04 Å². The van der Waals surface area contributed by atoms with Crippen molar-refractivity contribution in [3.05, 3.63) is 69.7 Å². The molecule has 0 spiro atoms. The number of carbonyl (C=O) groups is 2. The Balaban J connectivity index is 2.18. The maximum atomic E-state index is 13.0. The SMILES string of the molecule is CCCNC(=O)[C@H](C)N(Cc1ccc(Br)cc1)C(=O)Cc1ccc(C)cc1. The Labute approximate surface area is 170 Å². The zero-order valence-corrected chi connectivity index (χ0v) is 17.8. The van der Waals surface area contributed by atoms with Gasteiger partial charge in [-0.25, -0.2) is 0 Å². The third-order valence-corrected chi connectivity index (χ3v) is 4.99. The van der Waals surface area contributed by atoms with Gasteiger partial charge in [-0.3, -0.25) is 9.59 Å². The van der Waals surface area contributed by atoms with Gasteiger partial charge >= 0.3 is 0 Å². The first-order valence-electron chi connectivity index (χ1n) is 9.28. The van der Waals surface area contributed by atoms with Crippen LogP contribution in [0.3, 0.4) is 0 Å². The lowest BCUT2D eigenvalue weighted by atomic mass is 10.1. The van der Waals surface area contributed by atoms with Crippen molar-refractivity contribution in [1.29, 1.82) is 0 Å². The summed E-state index contributed by atoms with van der Waals surface area (Å²) in [5.41, 5.74) is 3.10. The number of nitrogens with one attached hydrogen (secondary N) is 1. The van der Waals surface area contributed by atoms with Crippen LogP contribution < -0.4 is 5.32 Å². The number of amides is 2. The zero-order chi connectivity index (χ0) is 19.8. The number of halogens is 1. The van der Waals surface area contributed by atoms with Crippen molar-refractivity contribution < 1.29 is 9.59 Å². The van der Waals surface area contributed by atoms with Crippen LogP contribution in [-0.2, 0) is 22.6 Å². The van der Waals surface area contributed by atoms with Crippen LogP contribution in [0.5, 0.6) is 0 Å². The largest absolute Gasteiger partial charge is 0.354 e. The highest BCUT2D eigenvalue weighted by atomic mass is 79.9. The molecule has 0 aromatic heterocycles. The van der Waals surface area contributed by atoms with Crippen molar-refractivity contribution >= 4 is 27.7 Å². The molecule has 0 radical (unpaired) electrons. The van der Waals surface area contributed by atoms with Gasteiger partial charge in [-0.1, -0.05) is 64.8 Å². The fourth-order valence-electron chi connectivity index (χ4n) is 2.75. The van der Waals surface area contributed by atoms with Crippen LogP contribution in [0, 0.1) is 6.92 Å². The van der Waals surface area contributed by atoms with E-state index >= 15 is 0 Å². The second-order valence-corrected chi connectivity index (χ2v) is 7.69. The Hall–Kier alpha value is -2.14. The summed E-state index contributed by atoms with van der Waals surface area (Å²) >= 11 is 3.43. The molecule has 0 heterocycles. The van der Waals surface area contributed by atoms with E-state index in [4.69, 9.17) is 0 Å². The molecule has 4 nitrogen and oxygen atoms in total. The van der Waals surface area contributed by atoms with Gasteiger partial charge in [-0.05, 0) is 43.5 Å². The van der Waals surface area contributed by atoms with Crippen LogP contribution in [0.1, 0.15) is 37.0 Å². The van der Waals surface area contributed by atoms with E-state index in [-0.39, 0.29) is 18.2 Å². The summed E-state index contributed by atoms with van der Waals surface area (Å²) in [5, 5.41) is 2.89. The number of aryl methyl sites for hydroxylation is 1. The lowest BCUT2D eigenvalue weighted by Crippen LogP contribution is -2.48. The molecule has 5 heteroatoms. The Bertz CT molecular complexity index is 757. The molecular formula is C22H27BrN2O2. The molecule has 2 rings (SSSR count). The van der Waals surface area contributed by atoms with Gasteiger partial charge in [0, 0.05) is 17.6 Å². The standard InChI is InChI=1S/C22H27BrN2O2/c1-4-13-24-22(27)17(3)25(15-19-9-11-20(23)12-10-19)21(26)14-18-7-5-16(2)6-8-18/h5-12,17H,4,13-15H2,1-3H3,(H,24,27)/t17-/m0/s1. The molecule has 0 aliphatic carbocycles. The van der Waals surface area contributed by atoms with E-state index in [9.17, 15) is 9.59 Å². The maximum Gasteiger partial charge on any atom is 0.242 e. The summed E-state index contributed by atoms with van der Waals surface area (Å²) in [4.78, 5) is 27.2. The molecule has 144 valence electrons. The van der Waals surface area contributed by atoms with Crippen molar-refractivity contribution in [2.24, 2.45) is 0 Å². The summed E-state index contributed by atoms with van der Waals surface area (Å²) in [5.74, 6) is -0.174. The van der Waals surface area contributed by atoms with Crippen molar-refractivity contribution in [2.75, 3.05) is 6.54 Å². The predicted molar refractivity (Wildman–Crippen MR) is 112 cm³/mol. The summed E-state index contributed by atoms with van der Waals surface area (Å²) in [6, 6.07) is 15.2. The number of carbonyl (C=O) groups excluding carboxylic acids is 2. The molecule has 27 heavy (non-hydrogen) atoms. The van der Waals surface area contributed by atoms with E-state index in [0.717, 1.165) is 27.6 Å². The van der Waals surface area contributed by atoms with Crippen LogP contribution >= 0.6 is 15.9 Å². The number of hydrogen-bond donors (Lipinski definition) is 1. The van der Waals surface area contributed by atoms with Crippen molar-refractivity contribution in [2.45, 2.75) is 46.2 Å². The van der Waals surface area contributed by atoms with Gasteiger partial charge in [0.25, 0.3) is 0 Å². The van der Waals surface area contributed by atoms with Crippen LogP contribution in [-0.4, -0.2) is 29.3 Å². The predicted octanol–water partition coefficient (Wildman–Crippen LogP) is 4.24. The Morgan fingerprint density at radius 1 is 1.04 bits per heavy atom. The van der Waals surface area contributed by atoms with Crippen molar-refractivity contribution in [1.82, 2.24) is 10.2 Å². The Morgan fingerprint density at radius 3 is 2.22 bits per heavy atom. The molecule has 0 bridgehead atoms. The molecule has 2 aromatic carbocycles. The highest BCUT2D eigenvalue weighted by Crippen LogP contribution is 2.16. The molecule has 0 aliphatic rings. The molecular weight excluding hydrogens is 404 g/mol. The Kier molecular flexibility index (Phi) is 8.04. The fraction of sp³-hybridized carbons (Fsp3) is 0.364. The lowest BCUT2D eigenvalue weighted by Gasteiger charge is -2.29. The minimum atomic E-state index is -0.529. The normalized spacial score (nSPS) is 11.7. The average molecular weight is 431 g/mol. The molecule has 0 saturated heterocycles. The second kappa shape index (κ2) is 10.3. The highest BCUT2D eigenvalue weighted by Gasteiger charge is 2.25. The zero-order valence-electron chi connectivity index (χ0n) is 16.2. The minimum absolute atomic E-state index is 0.0547. The van der Waals surface area contributed by atoms with Crippen molar-refractivity contribution in [3.8, 4) is 0 Å². The Morgan fingerprint density at radius 2 is 1.63 bits per heavy atom. The second-order valence-electron chi connectivity index (χ2n) is 6.78. The number of rotatable bonds is 8. The first-order chi connectivity index (χ1) is 12.9. The maximum absolute atomic E-state index is 13.0. The summed E-state index contributed by atoms with van der Waals surface area (Å²) < 4.78 is 0.984. The van der Waals surface area contributed by atoms with Crippen LogP contribution in [0.4, 0.5) is 0 Å². The average Bonchev–Trinajstić information content (AvgIpc) is 2.66. The third-order valence-electron chi connectivity index (χ3n) is 4.46. The number of nitrogens with zero attached hydrogens (tertiary/aromatic N) is 1. The molecule has 0 saturated carbocycles. The highest BCUT2D eigenvalue weighted by molar-refractivity contribution is 9.10. The molecule has 0 fully saturated rings. The topological polar surface area (TPSA) is 49.4 Å². The first-order valence-corrected chi connectivity index (χ1v) is 10.1. The minimum Gasteiger partial charge on any atom is -0.354 e. The van der Waals surface area contributed by atoms with Crippen LogP contribution in [0.25, 0.3) is 0 Å². The third kappa shape index (κ3) is 6.51. The van der Waals surface area contributed by atoms with Gasteiger partial charge in [-0.15, -0.1) is 0 Å². The van der Waals surface area contributed by atoms with E-state index in [1.165, 1.54) is 0 Å². The molecule has 2 amide bonds. The quantitative estimate of drug-likeness (QED) is 0.680. The first kappa shape index (κ1) is 21.2. The van der Waals surface area contributed by atoms with Gasteiger partial charge in [0.05, 0.1) is 6.42 Å². The number of benzene rings is 2. The molecule has 0 unspecified atom stereocenters. The van der Waals surface area contributed by atoms with E-state index in [1.54, 1.807) is 11.8 Å². The van der Waals surface area contributed by atoms with Gasteiger partial charge in [-0.2, -0.15) is 0 Å². The van der Waals surface area contributed by atoms with E-state index < -0.39 is 6.04 Å². The van der Waals surface area contributed by atoms with Gasteiger partial charge in [0.2, 0.25) is 11.8 Å². The monoisotopic (exact) mass is 430 g/mol. The van der Waals surface area contributed by atoms with E-state index in [2.05, 4.69) is 21.2 Å². The molecule has 0 aliphatic heterocycles. The molecule has 2 aromatic rings. The smallest absolute Gasteiger partial charge is 0.242 e. The summed E-state index contributed by atoms with van der Waals surface area (Å²) in [6.45, 7) is 6.83. The van der Waals surface area contributed by atoms with E-state index in [1.807, 2.05) is 62.4 Å². The molecule has 1 atom stereocenters. The van der Waals surface area contributed by atoms with Gasteiger partial charge in [0.15, 0.2) is 0 Å². The van der Waals surface area contributed by atoms with Gasteiger partial charge < -0.3 is 10.2 Å². The number of hydrogen-bond acceptors (Lipinski definition) is 2. The molecule has 1 N–H and O–H groups in total. The van der Waals surface area contributed by atoms with E-state index in [0.29, 0.717) is 13.1 Å². The van der Waals surface area contributed by atoms with Crippen LogP contribution in [0.15, 0.2) is 53.0 Å². The fourth-order valence-corrected chi connectivity index (χ4v) is 3.01. The summed E-state index contributed by atoms with van der Waals surface area (Å²) in [6.07, 6.45) is 1.14. The van der Waals surface area contributed by atoms with Crippen LogP contribution in [0.2, 0.25) is 0 Å².